The van der Waals surface area contributed by atoms with Gasteiger partial charge in [-0.3, -0.25) is 9.59 Å². The fraction of sp³-hybridized carbons (Fsp3) is 0.0833. The van der Waals surface area contributed by atoms with Crippen molar-refractivity contribution in [3.8, 4) is 11.1 Å². The van der Waals surface area contributed by atoms with Gasteiger partial charge in [-0.1, -0.05) is 47.5 Å². The summed E-state index contributed by atoms with van der Waals surface area (Å²) < 4.78 is 40.7. The summed E-state index contributed by atoms with van der Waals surface area (Å²) in [7, 11) is 0. The topological polar surface area (TPSA) is 50.6 Å². The van der Waals surface area contributed by atoms with Gasteiger partial charge in [-0.05, 0) is 48.9 Å². The summed E-state index contributed by atoms with van der Waals surface area (Å²) in [4.78, 5) is 26.0. The van der Waals surface area contributed by atoms with E-state index in [0.29, 0.717) is 17.1 Å². The van der Waals surface area contributed by atoms with Crippen molar-refractivity contribution in [1.29, 1.82) is 0 Å². The van der Waals surface area contributed by atoms with Gasteiger partial charge in [-0.15, -0.1) is 0 Å². The number of hydrogen-bond acceptors (Lipinski definition) is 2. The highest BCUT2D eigenvalue weighted by Gasteiger charge is 2.32. The quantitative estimate of drug-likeness (QED) is 0.285. The lowest BCUT2D eigenvalue weighted by Crippen LogP contribution is -2.25. The number of aromatic nitrogens is 1. The third-order valence-corrected chi connectivity index (χ3v) is 5.34. The molecule has 0 unspecified atom stereocenters. The molecule has 2 heterocycles. The lowest BCUT2D eigenvalue weighted by molar-refractivity contribution is -0.137. The number of carbonyl (C=O) groups is 2. The third kappa shape index (κ3) is 4.11. The number of carbonyl (C=O) groups excluding carboxylic acids is 2. The standard InChI is InChI=1S/C24H16ClF3N2O2/c1-14-5-7-15(8-6-14)18-13-17-4-2-3-11-30(17)21(18)22(31)23(32)29-20-12-16(24(26,27)28)9-10-19(20)25/h2-13H,1H3,(H,29,32). The Kier molecular flexibility index (Phi) is 5.52. The minimum absolute atomic E-state index is 0.102. The average molecular weight is 457 g/mol. The Morgan fingerprint density at radius 3 is 2.38 bits per heavy atom. The van der Waals surface area contributed by atoms with Crippen LogP contribution in [0, 0.1) is 6.92 Å². The van der Waals surface area contributed by atoms with Gasteiger partial charge in [-0.2, -0.15) is 13.2 Å². The van der Waals surface area contributed by atoms with Crippen molar-refractivity contribution in [2.75, 3.05) is 5.32 Å². The molecule has 8 heteroatoms. The molecule has 0 aliphatic carbocycles. The third-order valence-electron chi connectivity index (χ3n) is 5.01. The summed E-state index contributed by atoms with van der Waals surface area (Å²) in [5, 5.41) is 2.12. The molecule has 4 nitrogen and oxygen atoms in total. The SMILES string of the molecule is Cc1ccc(-c2cc3ccccn3c2C(=O)C(=O)Nc2cc(C(F)(F)F)ccc2Cl)cc1. The van der Waals surface area contributed by atoms with Crippen molar-refractivity contribution in [3.05, 3.63) is 94.8 Å². The molecular weight excluding hydrogens is 441 g/mol. The molecule has 1 N–H and O–H groups in total. The van der Waals surface area contributed by atoms with E-state index in [4.69, 9.17) is 11.6 Å². The van der Waals surface area contributed by atoms with E-state index < -0.39 is 23.4 Å². The first kappa shape index (κ1) is 21.6. The maximum Gasteiger partial charge on any atom is 0.416 e. The van der Waals surface area contributed by atoms with Crippen molar-refractivity contribution >= 4 is 34.5 Å². The molecule has 0 spiro atoms. The van der Waals surface area contributed by atoms with E-state index in [1.54, 1.807) is 34.9 Å². The zero-order chi connectivity index (χ0) is 23.0. The number of halogens is 4. The summed E-state index contributed by atoms with van der Waals surface area (Å²) in [5.74, 6) is -2.00. The number of Topliss-reactive ketones (excluding diaryl/α,β-unsaturated/α-hetero) is 1. The molecule has 0 saturated heterocycles. The van der Waals surface area contributed by atoms with Crippen LogP contribution in [0.1, 0.15) is 21.6 Å². The van der Waals surface area contributed by atoms with Gasteiger partial charge in [0.15, 0.2) is 0 Å². The Hall–Kier alpha value is -3.58. The van der Waals surface area contributed by atoms with Gasteiger partial charge in [0.2, 0.25) is 0 Å². The molecule has 2 aromatic heterocycles. The number of alkyl halides is 3. The van der Waals surface area contributed by atoms with Crippen LogP contribution in [-0.4, -0.2) is 16.1 Å². The molecule has 0 radical (unpaired) electrons. The highest BCUT2D eigenvalue weighted by molar-refractivity contribution is 6.48. The first-order chi connectivity index (χ1) is 15.1. The maximum absolute atomic E-state index is 13.2. The Morgan fingerprint density at radius 2 is 1.69 bits per heavy atom. The second-order valence-electron chi connectivity index (χ2n) is 7.24. The lowest BCUT2D eigenvalue weighted by Gasteiger charge is -2.12. The molecule has 32 heavy (non-hydrogen) atoms. The van der Waals surface area contributed by atoms with E-state index >= 15 is 0 Å². The summed E-state index contributed by atoms with van der Waals surface area (Å²) in [6.45, 7) is 1.93. The number of benzene rings is 2. The number of ketones is 1. The number of pyridine rings is 1. The number of hydrogen-bond donors (Lipinski definition) is 1. The van der Waals surface area contributed by atoms with Crippen LogP contribution in [0.3, 0.4) is 0 Å². The van der Waals surface area contributed by atoms with E-state index in [0.717, 1.165) is 23.3 Å². The second-order valence-corrected chi connectivity index (χ2v) is 7.65. The van der Waals surface area contributed by atoms with Gasteiger partial charge in [0, 0.05) is 17.3 Å². The molecule has 4 rings (SSSR count). The number of nitrogens with zero attached hydrogens (tertiary/aromatic N) is 1. The summed E-state index contributed by atoms with van der Waals surface area (Å²) in [5.41, 5.74) is 1.80. The summed E-state index contributed by atoms with van der Waals surface area (Å²) >= 11 is 5.96. The van der Waals surface area contributed by atoms with Gasteiger partial charge in [-0.25, -0.2) is 0 Å². The Bertz CT molecular complexity index is 1340. The van der Waals surface area contributed by atoms with Crippen molar-refractivity contribution < 1.29 is 22.8 Å². The zero-order valence-electron chi connectivity index (χ0n) is 16.7. The monoisotopic (exact) mass is 456 g/mol. The first-order valence-electron chi connectivity index (χ1n) is 9.55. The van der Waals surface area contributed by atoms with Crippen LogP contribution in [0.4, 0.5) is 18.9 Å². The van der Waals surface area contributed by atoms with E-state index in [-0.39, 0.29) is 16.4 Å². The number of rotatable bonds is 4. The number of nitrogens with one attached hydrogen (secondary N) is 1. The van der Waals surface area contributed by atoms with E-state index in [1.165, 1.54) is 0 Å². The van der Waals surface area contributed by atoms with Crippen molar-refractivity contribution in [1.82, 2.24) is 4.40 Å². The van der Waals surface area contributed by atoms with Crippen LogP contribution in [-0.2, 0) is 11.0 Å². The minimum atomic E-state index is -4.62. The van der Waals surface area contributed by atoms with Crippen LogP contribution >= 0.6 is 11.6 Å². The van der Waals surface area contributed by atoms with Crippen molar-refractivity contribution in [3.63, 3.8) is 0 Å². The number of amides is 1. The van der Waals surface area contributed by atoms with Crippen molar-refractivity contribution in [2.24, 2.45) is 0 Å². The van der Waals surface area contributed by atoms with Crippen LogP contribution in [0.25, 0.3) is 16.6 Å². The molecule has 0 aliphatic rings. The largest absolute Gasteiger partial charge is 0.416 e. The molecule has 162 valence electrons. The Balaban J connectivity index is 1.75. The van der Waals surface area contributed by atoms with Crippen LogP contribution in [0.2, 0.25) is 5.02 Å². The molecule has 0 saturated carbocycles. The number of anilines is 1. The highest BCUT2D eigenvalue weighted by Crippen LogP contribution is 2.34. The summed E-state index contributed by atoms with van der Waals surface area (Å²) in [6, 6.07) is 17.0. The predicted molar refractivity (Wildman–Crippen MR) is 117 cm³/mol. The number of aryl methyl sites for hydroxylation is 1. The fourth-order valence-corrected chi connectivity index (χ4v) is 3.56. The van der Waals surface area contributed by atoms with E-state index in [9.17, 15) is 22.8 Å². The fourth-order valence-electron chi connectivity index (χ4n) is 3.39. The van der Waals surface area contributed by atoms with Crippen LogP contribution in [0.15, 0.2) is 72.9 Å². The first-order valence-corrected chi connectivity index (χ1v) is 9.92. The molecule has 0 fully saturated rings. The van der Waals surface area contributed by atoms with E-state index in [2.05, 4.69) is 5.32 Å². The van der Waals surface area contributed by atoms with Gasteiger partial charge in [0.05, 0.1) is 16.3 Å². The smallest absolute Gasteiger partial charge is 0.318 e. The zero-order valence-corrected chi connectivity index (χ0v) is 17.5. The Labute approximate surface area is 186 Å². The highest BCUT2D eigenvalue weighted by atomic mass is 35.5. The van der Waals surface area contributed by atoms with Crippen LogP contribution in [0.5, 0.6) is 0 Å². The molecule has 0 bridgehead atoms. The molecule has 0 aliphatic heterocycles. The molecular formula is C24H16ClF3N2O2. The Morgan fingerprint density at radius 1 is 0.969 bits per heavy atom. The van der Waals surface area contributed by atoms with E-state index in [1.807, 2.05) is 31.2 Å². The minimum Gasteiger partial charge on any atom is -0.318 e. The maximum atomic E-state index is 13.2. The molecule has 4 aromatic rings. The van der Waals surface area contributed by atoms with Gasteiger partial charge in [0.1, 0.15) is 5.69 Å². The second kappa shape index (κ2) is 8.16. The van der Waals surface area contributed by atoms with Crippen molar-refractivity contribution in [2.45, 2.75) is 13.1 Å². The molecule has 2 aromatic carbocycles. The van der Waals surface area contributed by atoms with Crippen LogP contribution < -0.4 is 5.32 Å². The summed E-state index contributed by atoms with van der Waals surface area (Å²) in [6.07, 6.45) is -2.98. The molecule has 1 amide bonds. The lowest BCUT2D eigenvalue weighted by atomic mass is 10.0. The van der Waals surface area contributed by atoms with Gasteiger partial charge >= 0.3 is 6.18 Å². The normalized spacial score (nSPS) is 11.5. The molecule has 0 atom stereocenters. The van der Waals surface area contributed by atoms with Gasteiger partial charge in [0.25, 0.3) is 11.7 Å². The average Bonchev–Trinajstić information content (AvgIpc) is 3.14. The number of fused-ring (bicyclic) bond motifs is 1. The van der Waals surface area contributed by atoms with Gasteiger partial charge < -0.3 is 9.72 Å². The predicted octanol–water partition coefficient (Wildman–Crippen LogP) is 6.41.